The number of nitrogens with zero attached hydrogens (tertiary/aromatic N) is 2. The summed E-state index contributed by atoms with van der Waals surface area (Å²) in [6, 6.07) is 8.43. The molecule has 0 bridgehead atoms. The molecule has 0 aromatic heterocycles. The fourth-order valence-electron chi connectivity index (χ4n) is 2.68. The third kappa shape index (κ3) is 2.50. The molecule has 0 radical (unpaired) electrons. The Hall–Kier alpha value is -1.35. The van der Waals surface area contributed by atoms with Crippen LogP contribution in [0.15, 0.2) is 29.3 Å². The number of benzene rings is 1. The highest BCUT2D eigenvalue weighted by atomic mass is 15.2. The molecule has 3 nitrogen and oxygen atoms in total. The maximum absolute atomic E-state index is 4.53. The third-order valence-electron chi connectivity index (χ3n) is 3.68. The normalized spacial score (nSPS) is 20.4. The zero-order chi connectivity index (χ0) is 11.5. The van der Waals surface area contributed by atoms with Crippen LogP contribution in [0.1, 0.15) is 18.4 Å². The smallest absolute Gasteiger partial charge is 0.0915 e. The number of hydrogen-bond donors (Lipinski definition) is 1. The molecule has 1 aromatic carbocycles. The van der Waals surface area contributed by atoms with Crippen molar-refractivity contribution < 1.29 is 0 Å². The topological polar surface area (TPSA) is 27.6 Å². The van der Waals surface area contributed by atoms with E-state index < -0.39 is 0 Å². The molecule has 1 fully saturated rings. The van der Waals surface area contributed by atoms with Gasteiger partial charge in [-0.15, -0.1) is 0 Å². The van der Waals surface area contributed by atoms with Crippen molar-refractivity contribution in [2.45, 2.75) is 19.4 Å². The number of aliphatic imine (C=N–C) groups is 1. The molecule has 3 heteroatoms. The molecule has 0 saturated carbocycles. The van der Waals surface area contributed by atoms with E-state index in [-0.39, 0.29) is 0 Å². The van der Waals surface area contributed by atoms with Gasteiger partial charge in [0.05, 0.1) is 12.0 Å². The quantitative estimate of drug-likeness (QED) is 0.841. The van der Waals surface area contributed by atoms with Crippen molar-refractivity contribution in [3.8, 4) is 0 Å². The molecule has 0 spiro atoms. The summed E-state index contributed by atoms with van der Waals surface area (Å²) in [5.74, 6) is 0.827. The summed E-state index contributed by atoms with van der Waals surface area (Å²) in [4.78, 5) is 6.88. The summed E-state index contributed by atoms with van der Waals surface area (Å²) in [5, 5.41) is 3.42. The van der Waals surface area contributed by atoms with E-state index in [1.165, 1.54) is 31.5 Å². The first-order chi connectivity index (χ1) is 8.42. The summed E-state index contributed by atoms with van der Waals surface area (Å²) in [6.07, 6.45) is 4.61. The van der Waals surface area contributed by atoms with Crippen molar-refractivity contribution in [1.29, 1.82) is 0 Å². The van der Waals surface area contributed by atoms with Crippen LogP contribution in [0.5, 0.6) is 0 Å². The number of para-hydroxylation sites is 1. The van der Waals surface area contributed by atoms with Gasteiger partial charge in [0.1, 0.15) is 0 Å². The van der Waals surface area contributed by atoms with E-state index in [0.717, 1.165) is 24.7 Å². The molecular formula is C14H19N3. The standard InChI is InChI=1S/C14H19N3/c1-2-4-14-13(3-1)10-17(11-16-14)9-12-5-7-15-8-6-12/h1-4,11-12,15H,5-10H2. The lowest BCUT2D eigenvalue weighted by atomic mass is 9.97. The molecule has 0 amide bonds. The van der Waals surface area contributed by atoms with Gasteiger partial charge in [0.25, 0.3) is 0 Å². The Morgan fingerprint density at radius 3 is 2.94 bits per heavy atom. The molecule has 90 valence electrons. The van der Waals surface area contributed by atoms with Crippen LogP contribution in [0.4, 0.5) is 5.69 Å². The number of rotatable bonds is 2. The van der Waals surface area contributed by atoms with Crippen LogP contribution in [0.3, 0.4) is 0 Å². The molecule has 1 aromatic rings. The minimum Gasteiger partial charge on any atom is -0.358 e. The van der Waals surface area contributed by atoms with Gasteiger partial charge in [-0.25, -0.2) is 4.99 Å². The van der Waals surface area contributed by atoms with Crippen LogP contribution in [0, 0.1) is 5.92 Å². The van der Waals surface area contributed by atoms with E-state index in [0.29, 0.717) is 0 Å². The Balaban J connectivity index is 1.64. The number of fused-ring (bicyclic) bond motifs is 1. The SMILES string of the molecule is C1=Nc2ccccc2CN1CC1CCNCC1. The third-order valence-corrected chi connectivity index (χ3v) is 3.68. The molecule has 2 aliphatic heterocycles. The molecule has 1 saturated heterocycles. The van der Waals surface area contributed by atoms with Gasteiger partial charge in [-0.1, -0.05) is 18.2 Å². The Morgan fingerprint density at radius 1 is 1.24 bits per heavy atom. The molecule has 17 heavy (non-hydrogen) atoms. The van der Waals surface area contributed by atoms with Crippen LogP contribution in [-0.4, -0.2) is 30.9 Å². The first-order valence-electron chi connectivity index (χ1n) is 6.49. The second kappa shape index (κ2) is 4.88. The zero-order valence-electron chi connectivity index (χ0n) is 10.1. The predicted octanol–water partition coefficient (Wildman–Crippen LogP) is 2.16. The van der Waals surface area contributed by atoms with Crippen LogP contribution >= 0.6 is 0 Å². The molecular weight excluding hydrogens is 210 g/mol. The Kier molecular flexibility index (Phi) is 3.10. The fraction of sp³-hybridized carbons (Fsp3) is 0.500. The van der Waals surface area contributed by atoms with Crippen LogP contribution in [0.25, 0.3) is 0 Å². The van der Waals surface area contributed by atoms with Crippen molar-refractivity contribution in [3.05, 3.63) is 29.8 Å². The van der Waals surface area contributed by atoms with Gasteiger partial charge in [0, 0.05) is 13.1 Å². The highest BCUT2D eigenvalue weighted by molar-refractivity contribution is 5.66. The molecule has 2 heterocycles. The predicted molar refractivity (Wildman–Crippen MR) is 70.6 cm³/mol. The molecule has 0 atom stereocenters. The van der Waals surface area contributed by atoms with E-state index in [4.69, 9.17) is 0 Å². The number of hydrogen-bond acceptors (Lipinski definition) is 3. The number of piperidine rings is 1. The highest BCUT2D eigenvalue weighted by Gasteiger charge is 2.18. The summed E-state index contributed by atoms with van der Waals surface area (Å²) in [6.45, 7) is 4.52. The lowest BCUT2D eigenvalue weighted by Gasteiger charge is -2.30. The van der Waals surface area contributed by atoms with E-state index in [1.807, 2.05) is 6.34 Å². The summed E-state index contributed by atoms with van der Waals surface area (Å²) in [5.41, 5.74) is 2.48. The largest absolute Gasteiger partial charge is 0.358 e. The maximum atomic E-state index is 4.53. The summed E-state index contributed by atoms with van der Waals surface area (Å²) < 4.78 is 0. The van der Waals surface area contributed by atoms with Gasteiger partial charge in [0.15, 0.2) is 0 Å². The van der Waals surface area contributed by atoms with Crippen LogP contribution in [-0.2, 0) is 6.54 Å². The molecule has 0 unspecified atom stereocenters. The molecule has 1 N–H and O–H groups in total. The Bertz CT molecular complexity index is 408. The molecule has 2 aliphatic rings. The molecule has 0 aliphatic carbocycles. The van der Waals surface area contributed by atoms with Crippen molar-refractivity contribution in [2.24, 2.45) is 10.9 Å². The van der Waals surface area contributed by atoms with Gasteiger partial charge < -0.3 is 10.2 Å². The average Bonchev–Trinajstić information content (AvgIpc) is 2.40. The van der Waals surface area contributed by atoms with Crippen molar-refractivity contribution in [3.63, 3.8) is 0 Å². The minimum atomic E-state index is 0.827. The van der Waals surface area contributed by atoms with Gasteiger partial charge in [-0.05, 0) is 43.5 Å². The first-order valence-corrected chi connectivity index (χ1v) is 6.49. The summed E-state index contributed by atoms with van der Waals surface area (Å²) >= 11 is 0. The van der Waals surface area contributed by atoms with Crippen molar-refractivity contribution in [1.82, 2.24) is 10.2 Å². The molecule has 3 rings (SSSR count). The van der Waals surface area contributed by atoms with E-state index in [2.05, 4.69) is 39.5 Å². The van der Waals surface area contributed by atoms with Crippen LogP contribution < -0.4 is 5.32 Å². The Labute approximate surface area is 103 Å². The minimum absolute atomic E-state index is 0.827. The highest BCUT2D eigenvalue weighted by Crippen LogP contribution is 2.24. The van der Waals surface area contributed by atoms with Crippen molar-refractivity contribution >= 4 is 12.0 Å². The van der Waals surface area contributed by atoms with Gasteiger partial charge in [-0.2, -0.15) is 0 Å². The fourth-order valence-corrected chi connectivity index (χ4v) is 2.68. The monoisotopic (exact) mass is 229 g/mol. The first kappa shape index (κ1) is 10.8. The maximum Gasteiger partial charge on any atom is 0.0915 e. The average molecular weight is 229 g/mol. The lowest BCUT2D eigenvalue weighted by molar-refractivity contribution is 0.281. The van der Waals surface area contributed by atoms with E-state index in [1.54, 1.807) is 0 Å². The zero-order valence-corrected chi connectivity index (χ0v) is 10.1. The Morgan fingerprint density at radius 2 is 2.06 bits per heavy atom. The van der Waals surface area contributed by atoms with Gasteiger partial charge in [-0.3, -0.25) is 0 Å². The van der Waals surface area contributed by atoms with Crippen molar-refractivity contribution in [2.75, 3.05) is 19.6 Å². The second-order valence-corrected chi connectivity index (χ2v) is 5.00. The summed E-state index contributed by atoms with van der Waals surface area (Å²) in [7, 11) is 0. The van der Waals surface area contributed by atoms with Gasteiger partial charge in [0.2, 0.25) is 0 Å². The number of nitrogens with one attached hydrogen (secondary N) is 1. The van der Waals surface area contributed by atoms with E-state index in [9.17, 15) is 0 Å². The lowest BCUT2D eigenvalue weighted by Crippen LogP contribution is -2.36. The van der Waals surface area contributed by atoms with Gasteiger partial charge >= 0.3 is 0 Å². The van der Waals surface area contributed by atoms with E-state index >= 15 is 0 Å². The van der Waals surface area contributed by atoms with Crippen LogP contribution in [0.2, 0.25) is 0 Å². The second-order valence-electron chi connectivity index (χ2n) is 5.00.